The molecule has 28 heavy (non-hydrogen) atoms. The summed E-state index contributed by atoms with van der Waals surface area (Å²) in [4.78, 5) is 14.6. The number of nitrogens with zero attached hydrogens (tertiary/aromatic N) is 2. The molecule has 2 aliphatic rings. The average molecular weight is 402 g/mol. The van der Waals surface area contributed by atoms with Crippen LogP contribution in [-0.2, 0) is 11.3 Å². The smallest absolute Gasteiger partial charge is 0.251 e. The van der Waals surface area contributed by atoms with Gasteiger partial charge in [0.05, 0.1) is 24.2 Å². The normalized spacial score (nSPS) is 21.2. The molecule has 0 aromatic heterocycles. The van der Waals surface area contributed by atoms with Gasteiger partial charge in [0.25, 0.3) is 5.91 Å². The largest absolute Gasteiger partial charge is 0.492 e. The molecule has 0 bridgehead atoms. The van der Waals surface area contributed by atoms with Gasteiger partial charge < -0.3 is 14.6 Å². The fourth-order valence-electron chi connectivity index (χ4n) is 3.62. The summed E-state index contributed by atoms with van der Waals surface area (Å²) in [5, 5.41) is 2.39. The molecule has 146 valence electrons. The van der Waals surface area contributed by atoms with Gasteiger partial charge in [-0.05, 0) is 48.7 Å². The SMILES string of the molecule is CCOc1ccc(C2CC3C(=O)N(Cc4cccc(F)c4)C=CN3N2)cc1Cl. The van der Waals surface area contributed by atoms with Crippen molar-refractivity contribution in [3.63, 3.8) is 0 Å². The van der Waals surface area contributed by atoms with Crippen molar-refractivity contribution in [1.29, 1.82) is 0 Å². The molecule has 2 aromatic carbocycles. The first-order chi connectivity index (χ1) is 13.5. The molecule has 1 amide bonds. The van der Waals surface area contributed by atoms with Crippen LogP contribution < -0.4 is 10.2 Å². The Balaban J connectivity index is 1.47. The Morgan fingerprint density at radius 1 is 1.25 bits per heavy atom. The maximum atomic E-state index is 13.4. The lowest BCUT2D eigenvalue weighted by Crippen LogP contribution is -2.47. The van der Waals surface area contributed by atoms with Crippen molar-refractivity contribution in [3.8, 4) is 5.75 Å². The van der Waals surface area contributed by atoms with E-state index < -0.39 is 0 Å². The summed E-state index contributed by atoms with van der Waals surface area (Å²) in [5.41, 5.74) is 5.11. The van der Waals surface area contributed by atoms with E-state index in [1.54, 1.807) is 17.2 Å². The van der Waals surface area contributed by atoms with Crippen molar-refractivity contribution in [2.24, 2.45) is 0 Å². The van der Waals surface area contributed by atoms with Gasteiger partial charge in [-0.15, -0.1) is 0 Å². The highest BCUT2D eigenvalue weighted by molar-refractivity contribution is 6.32. The highest BCUT2D eigenvalue weighted by Crippen LogP contribution is 2.34. The molecule has 5 nitrogen and oxygen atoms in total. The Kier molecular flexibility index (Phi) is 5.24. The van der Waals surface area contributed by atoms with E-state index in [0.29, 0.717) is 30.3 Å². The number of carbonyl (C=O) groups is 1. The molecule has 1 fully saturated rings. The van der Waals surface area contributed by atoms with Crippen molar-refractivity contribution < 1.29 is 13.9 Å². The molecule has 2 aliphatic heterocycles. The van der Waals surface area contributed by atoms with Crippen molar-refractivity contribution in [2.75, 3.05) is 6.61 Å². The predicted octanol–water partition coefficient (Wildman–Crippen LogP) is 4.01. The predicted molar refractivity (Wildman–Crippen MR) is 105 cm³/mol. The van der Waals surface area contributed by atoms with E-state index in [4.69, 9.17) is 16.3 Å². The number of hydrogen-bond acceptors (Lipinski definition) is 4. The highest BCUT2D eigenvalue weighted by atomic mass is 35.5. The molecule has 2 heterocycles. The third-order valence-corrected chi connectivity index (χ3v) is 5.27. The summed E-state index contributed by atoms with van der Waals surface area (Å²) in [6, 6.07) is 11.7. The molecular formula is C21H21ClFN3O2. The Bertz CT molecular complexity index is 920. The molecule has 4 rings (SSSR count). The summed E-state index contributed by atoms with van der Waals surface area (Å²) >= 11 is 6.31. The maximum absolute atomic E-state index is 13.4. The van der Waals surface area contributed by atoms with Crippen LogP contribution in [0.25, 0.3) is 0 Å². The fraction of sp³-hybridized carbons (Fsp3) is 0.286. The molecular weight excluding hydrogens is 381 g/mol. The van der Waals surface area contributed by atoms with Gasteiger partial charge in [0, 0.05) is 12.4 Å². The van der Waals surface area contributed by atoms with Crippen molar-refractivity contribution >= 4 is 17.5 Å². The van der Waals surface area contributed by atoms with Gasteiger partial charge in [-0.3, -0.25) is 4.79 Å². The second-order valence-electron chi connectivity index (χ2n) is 6.86. The zero-order chi connectivity index (χ0) is 19.7. The quantitative estimate of drug-likeness (QED) is 0.822. The molecule has 1 saturated heterocycles. The fourth-order valence-corrected chi connectivity index (χ4v) is 3.87. The van der Waals surface area contributed by atoms with Crippen molar-refractivity contribution in [3.05, 3.63) is 76.8 Å². The van der Waals surface area contributed by atoms with Crippen LogP contribution in [0.5, 0.6) is 5.75 Å². The van der Waals surface area contributed by atoms with Crippen LogP contribution in [0, 0.1) is 5.82 Å². The molecule has 2 atom stereocenters. The van der Waals surface area contributed by atoms with Crippen LogP contribution in [0.3, 0.4) is 0 Å². The molecule has 2 aromatic rings. The van der Waals surface area contributed by atoms with E-state index >= 15 is 0 Å². The number of hydrogen-bond donors (Lipinski definition) is 1. The number of ether oxygens (including phenoxy) is 1. The van der Waals surface area contributed by atoms with Gasteiger partial charge in [0.15, 0.2) is 0 Å². The molecule has 0 aliphatic carbocycles. The Hall–Kier alpha value is -2.57. The van der Waals surface area contributed by atoms with Crippen molar-refractivity contribution in [2.45, 2.75) is 32.0 Å². The number of amides is 1. The van der Waals surface area contributed by atoms with Gasteiger partial charge >= 0.3 is 0 Å². The number of fused-ring (bicyclic) bond motifs is 1. The number of rotatable bonds is 5. The summed E-state index contributed by atoms with van der Waals surface area (Å²) in [6.45, 7) is 2.81. The topological polar surface area (TPSA) is 44.8 Å². The van der Waals surface area contributed by atoms with Crippen LogP contribution in [-0.4, -0.2) is 28.5 Å². The number of carbonyl (C=O) groups excluding carboxylic acids is 1. The maximum Gasteiger partial charge on any atom is 0.251 e. The van der Waals surface area contributed by atoms with Crippen molar-refractivity contribution in [1.82, 2.24) is 15.3 Å². The highest BCUT2D eigenvalue weighted by Gasteiger charge is 2.40. The lowest BCUT2D eigenvalue weighted by Gasteiger charge is -2.31. The molecule has 2 unspecified atom stereocenters. The van der Waals surface area contributed by atoms with E-state index in [2.05, 4.69) is 5.43 Å². The first-order valence-corrected chi connectivity index (χ1v) is 9.63. The number of nitrogens with one attached hydrogen (secondary N) is 1. The van der Waals surface area contributed by atoms with Gasteiger partial charge in [-0.25, -0.2) is 9.82 Å². The lowest BCUT2D eigenvalue weighted by molar-refractivity contribution is -0.134. The Labute approximate surface area is 168 Å². The van der Waals surface area contributed by atoms with E-state index in [-0.39, 0.29) is 23.8 Å². The minimum absolute atomic E-state index is 0.0150. The molecule has 0 saturated carbocycles. The third-order valence-electron chi connectivity index (χ3n) is 4.98. The standard InChI is InChI=1S/C21H21ClFN3O2/c1-2-28-20-7-6-15(11-17(20)22)18-12-19-21(27)25(8-9-26(19)24-18)13-14-4-3-5-16(23)10-14/h3-11,18-19,24H,2,12-13H2,1H3. The first kappa shape index (κ1) is 18.8. The zero-order valence-corrected chi connectivity index (χ0v) is 16.2. The van der Waals surface area contributed by atoms with E-state index in [1.807, 2.05) is 42.4 Å². The van der Waals surface area contributed by atoms with E-state index in [9.17, 15) is 9.18 Å². The van der Waals surface area contributed by atoms with Gasteiger partial charge in [-0.2, -0.15) is 0 Å². The van der Waals surface area contributed by atoms with Gasteiger partial charge in [0.1, 0.15) is 17.6 Å². The van der Waals surface area contributed by atoms with Crippen LogP contribution in [0.4, 0.5) is 4.39 Å². The first-order valence-electron chi connectivity index (χ1n) is 9.25. The average Bonchev–Trinajstić information content (AvgIpc) is 3.11. The van der Waals surface area contributed by atoms with Crippen LogP contribution in [0.2, 0.25) is 5.02 Å². The monoisotopic (exact) mass is 401 g/mol. The third kappa shape index (κ3) is 3.70. The molecule has 0 radical (unpaired) electrons. The molecule has 7 heteroatoms. The number of halogens is 2. The van der Waals surface area contributed by atoms with E-state index in [0.717, 1.165) is 11.1 Å². The minimum Gasteiger partial charge on any atom is -0.492 e. The lowest BCUT2D eigenvalue weighted by atomic mass is 10.0. The summed E-state index contributed by atoms with van der Waals surface area (Å²) < 4.78 is 18.9. The number of hydrazine groups is 1. The van der Waals surface area contributed by atoms with Gasteiger partial charge in [-0.1, -0.05) is 29.8 Å². The molecule has 0 spiro atoms. The van der Waals surface area contributed by atoms with E-state index in [1.165, 1.54) is 12.1 Å². The zero-order valence-electron chi connectivity index (χ0n) is 15.4. The summed E-state index contributed by atoms with van der Waals surface area (Å²) in [5.74, 6) is 0.335. The summed E-state index contributed by atoms with van der Waals surface area (Å²) in [6.07, 6.45) is 4.19. The van der Waals surface area contributed by atoms with Crippen LogP contribution in [0.15, 0.2) is 54.9 Å². The second kappa shape index (κ2) is 7.81. The summed E-state index contributed by atoms with van der Waals surface area (Å²) in [7, 11) is 0. The van der Waals surface area contributed by atoms with Crippen LogP contribution >= 0.6 is 11.6 Å². The van der Waals surface area contributed by atoms with Gasteiger partial charge in [0.2, 0.25) is 0 Å². The second-order valence-corrected chi connectivity index (χ2v) is 7.26. The van der Waals surface area contributed by atoms with Crippen LogP contribution in [0.1, 0.15) is 30.5 Å². The Morgan fingerprint density at radius 2 is 2.11 bits per heavy atom. The number of benzene rings is 2. The Morgan fingerprint density at radius 3 is 2.86 bits per heavy atom. The molecule has 1 N–H and O–H groups in total. The minimum atomic E-state index is -0.311.